The predicted molar refractivity (Wildman–Crippen MR) is 53.2 cm³/mol. The number of rotatable bonds is 1. The molecule has 0 bridgehead atoms. The van der Waals surface area contributed by atoms with Crippen LogP contribution < -0.4 is 11.5 Å². The first-order chi connectivity index (χ1) is 5.16. The quantitative estimate of drug-likeness (QED) is 0.724. The van der Waals surface area contributed by atoms with Crippen molar-refractivity contribution in [2.45, 2.75) is 6.54 Å². The standard InChI is InChI=1S/C7H8F2N2.2ClH/c8-5-1-2-6(11)7(9)4(5)3-10;;/h1-2H,3,10-11H2;2*1H. The van der Waals surface area contributed by atoms with Gasteiger partial charge in [-0.05, 0) is 12.1 Å². The Balaban J connectivity index is 0. The van der Waals surface area contributed by atoms with Gasteiger partial charge in [-0.15, -0.1) is 24.8 Å². The van der Waals surface area contributed by atoms with Crippen LogP contribution in [0.4, 0.5) is 14.5 Å². The Labute approximate surface area is 87.1 Å². The monoisotopic (exact) mass is 230 g/mol. The van der Waals surface area contributed by atoms with Crippen molar-refractivity contribution >= 4 is 30.5 Å². The van der Waals surface area contributed by atoms with Crippen molar-refractivity contribution in [1.82, 2.24) is 0 Å². The summed E-state index contributed by atoms with van der Waals surface area (Å²) < 4.78 is 25.5. The van der Waals surface area contributed by atoms with Crippen molar-refractivity contribution < 1.29 is 8.78 Å². The van der Waals surface area contributed by atoms with Gasteiger partial charge in [0.15, 0.2) is 5.82 Å². The number of hydrogen-bond donors (Lipinski definition) is 2. The van der Waals surface area contributed by atoms with Crippen LogP contribution in [0.15, 0.2) is 12.1 Å². The second kappa shape index (κ2) is 5.96. The minimum absolute atomic E-state index is 0. The second-order valence-electron chi connectivity index (χ2n) is 2.13. The summed E-state index contributed by atoms with van der Waals surface area (Å²) in [5.74, 6) is -1.41. The van der Waals surface area contributed by atoms with Gasteiger partial charge < -0.3 is 11.5 Å². The predicted octanol–water partition coefficient (Wildman–Crippen LogP) is 1.85. The molecule has 4 N–H and O–H groups in total. The molecule has 1 aromatic carbocycles. The SMILES string of the molecule is Cl.Cl.NCc1c(F)ccc(N)c1F. The van der Waals surface area contributed by atoms with Crippen LogP contribution in [0.2, 0.25) is 0 Å². The Morgan fingerprint density at radius 1 is 1.15 bits per heavy atom. The topological polar surface area (TPSA) is 52.0 Å². The van der Waals surface area contributed by atoms with Gasteiger partial charge in [0.1, 0.15) is 5.82 Å². The molecule has 2 nitrogen and oxygen atoms in total. The first-order valence-corrected chi connectivity index (χ1v) is 3.09. The minimum atomic E-state index is -0.757. The molecule has 0 spiro atoms. The Bertz CT molecular complexity index is 281. The van der Waals surface area contributed by atoms with Crippen molar-refractivity contribution in [3.8, 4) is 0 Å². The molecular weight excluding hydrogens is 221 g/mol. The molecule has 0 heterocycles. The third-order valence-electron chi connectivity index (χ3n) is 1.42. The number of nitrogens with two attached hydrogens (primary N) is 2. The van der Waals surface area contributed by atoms with Gasteiger partial charge >= 0.3 is 0 Å². The third-order valence-corrected chi connectivity index (χ3v) is 1.42. The summed E-state index contributed by atoms with van der Waals surface area (Å²) in [5.41, 5.74) is 10.0. The van der Waals surface area contributed by atoms with Crippen LogP contribution in [0.1, 0.15) is 5.56 Å². The lowest BCUT2D eigenvalue weighted by Crippen LogP contribution is -2.05. The van der Waals surface area contributed by atoms with E-state index in [0.29, 0.717) is 0 Å². The van der Waals surface area contributed by atoms with E-state index < -0.39 is 11.6 Å². The highest BCUT2D eigenvalue weighted by atomic mass is 35.5. The molecule has 0 aliphatic carbocycles. The molecular formula is C7H10Cl2F2N2. The maximum Gasteiger partial charge on any atom is 0.153 e. The lowest BCUT2D eigenvalue weighted by Gasteiger charge is -2.02. The fourth-order valence-electron chi connectivity index (χ4n) is 0.803. The van der Waals surface area contributed by atoms with Gasteiger partial charge in [-0.25, -0.2) is 8.78 Å². The molecule has 0 aromatic heterocycles. The average molecular weight is 231 g/mol. The average Bonchev–Trinajstić information content (AvgIpc) is 1.99. The zero-order chi connectivity index (χ0) is 8.43. The van der Waals surface area contributed by atoms with Gasteiger partial charge in [0.2, 0.25) is 0 Å². The smallest absolute Gasteiger partial charge is 0.153 e. The van der Waals surface area contributed by atoms with Gasteiger partial charge in [-0.1, -0.05) is 0 Å². The fourth-order valence-corrected chi connectivity index (χ4v) is 0.803. The van der Waals surface area contributed by atoms with E-state index >= 15 is 0 Å². The number of benzene rings is 1. The van der Waals surface area contributed by atoms with E-state index in [1.807, 2.05) is 0 Å². The van der Waals surface area contributed by atoms with E-state index in [-0.39, 0.29) is 42.6 Å². The zero-order valence-electron chi connectivity index (χ0n) is 6.59. The third kappa shape index (κ3) is 2.99. The molecule has 0 saturated carbocycles. The molecule has 0 radical (unpaired) electrons. The van der Waals surface area contributed by atoms with Crippen molar-refractivity contribution in [3.63, 3.8) is 0 Å². The molecule has 6 heteroatoms. The van der Waals surface area contributed by atoms with E-state index in [4.69, 9.17) is 11.5 Å². The lowest BCUT2D eigenvalue weighted by molar-refractivity contribution is 0.560. The summed E-state index contributed by atoms with van der Waals surface area (Å²) in [6, 6.07) is 2.27. The van der Waals surface area contributed by atoms with Crippen LogP contribution in [0.25, 0.3) is 0 Å². The van der Waals surface area contributed by atoms with E-state index in [1.54, 1.807) is 0 Å². The molecule has 13 heavy (non-hydrogen) atoms. The zero-order valence-corrected chi connectivity index (χ0v) is 8.22. The molecule has 1 aromatic rings. The Hall–Kier alpha value is -0.580. The van der Waals surface area contributed by atoms with Crippen LogP contribution in [-0.2, 0) is 6.54 Å². The minimum Gasteiger partial charge on any atom is -0.396 e. The van der Waals surface area contributed by atoms with Gasteiger partial charge in [0.25, 0.3) is 0 Å². The number of hydrogen-bond acceptors (Lipinski definition) is 2. The summed E-state index contributed by atoms with van der Waals surface area (Å²) in [6.07, 6.45) is 0. The first-order valence-electron chi connectivity index (χ1n) is 3.09. The maximum atomic E-state index is 12.8. The van der Waals surface area contributed by atoms with Crippen molar-refractivity contribution in [2.75, 3.05) is 5.73 Å². The van der Waals surface area contributed by atoms with Gasteiger partial charge in [-0.2, -0.15) is 0 Å². The molecule has 0 saturated heterocycles. The molecule has 0 aliphatic rings. The van der Waals surface area contributed by atoms with Crippen LogP contribution in [0, 0.1) is 11.6 Å². The molecule has 0 atom stereocenters. The Kier molecular flexibility index (Phi) is 6.84. The summed E-state index contributed by atoms with van der Waals surface area (Å²) in [5, 5.41) is 0. The molecule has 0 unspecified atom stereocenters. The Morgan fingerprint density at radius 2 is 1.69 bits per heavy atom. The normalized spacial score (nSPS) is 8.54. The summed E-state index contributed by atoms with van der Waals surface area (Å²) >= 11 is 0. The van der Waals surface area contributed by atoms with Gasteiger partial charge in [-0.3, -0.25) is 0 Å². The fraction of sp³-hybridized carbons (Fsp3) is 0.143. The highest BCUT2D eigenvalue weighted by molar-refractivity contribution is 5.85. The van der Waals surface area contributed by atoms with E-state index in [9.17, 15) is 8.78 Å². The maximum absolute atomic E-state index is 12.8. The number of halogens is 4. The molecule has 0 fully saturated rings. The highest BCUT2D eigenvalue weighted by Gasteiger charge is 2.08. The van der Waals surface area contributed by atoms with Gasteiger partial charge in [0.05, 0.1) is 5.69 Å². The highest BCUT2D eigenvalue weighted by Crippen LogP contribution is 2.17. The first kappa shape index (κ1) is 14.9. The van der Waals surface area contributed by atoms with Crippen LogP contribution in [-0.4, -0.2) is 0 Å². The van der Waals surface area contributed by atoms with Crippen molar-refractivity contribution in [1.29, 1.82) is 0 Å². The molecule has 0 aliphatic heterocycles. The van der Waals surface area contributed by atoms with Crippen molar-refractivity contribution in [2.24, 2.45) is 5.73 Å². The van der Waals surface area contributed by atoms with E-state index in [2.05, 4.69) is 0 Å². The Morgan fingerprint density at radius 3 is 2.08 bits per heavy atom. The second-order valence-corrected chi connectivity index (χ2v) is 2.13. The summed E-state index contributed by atoms with van der Waals surface area (Å²) in [7, 11) is 0. The van der Waals surface area contributed by atoms with E-state index in [0.717, 1.165) is 6.07 Å². The van der Waals surface area contributed by atoms with E-state index in [1.165, 1.54) is 6.07 Å². The molecule has 1 rings (SSSR count). The summed E-state index contributed by atoms with van der Waals surface area (Å²) in [6.45, 7) is -0.178. The number of nitrogen functional groups attached to an aromatic ring is 1. The largest absolute Gasteiger partial charge is 0.396 e. The van der Waals surface area contributed by atoms with Crippen molar-refractivity contribution in [3.05, 3.63) is 29.3 Å². The van der Waals surface area contributed by atoms with Crippen LogP contribution in [0.5, 0.6) is 0 Å². The van der Waals surface area contributed by atoms with Crippen LogP contribution >= 0.6 is 24.8 Å². The molecule has 76 valence electrons. The summed E-state index contributed by atoms with van der Waals surface area (Å²) in [4.78, 5) is 0. The van der Waals surface area contributed by atoms with Crippen LogP contribution in [0.3, 0.4) is 0 Å². The number of anilines is 1. The van der Waals surface area contributed by atoms with Gasteiger partial charge in [0, 0.05) is 12.1 Å². The molecule has 0 amide bonds. The lowest BCUT2D eigenvalue weighted by atomic mass is 10.2.